The minimum Gasteiger partial charge on any atom is -0.382 e. The molecule has 2 unspecified atom stereocenters. The van der Waals surface area contributed by atoms with E-state index in [9.17, 15) is 0 Å². The predicted molar refractivity (Wildman–Crippen MR) is 127 cm³/mol. The van der Waals surface area contributed by atoms with Crippen LogP contribution in [0.4, 0.5) is 0 Å². The summed E-state index contributed by atoms with van der Waals surface area (Å²) in [7, 11) is 1.71. The summed E-state index contributed by atoms with van der Waals surface area (Å²) in [5, 5.41) is 3.53. The minimum atomic E-state index is 0.669. The Kier molecular flexibility index (Phi) is 10.6. The largest absolute Gasteiger partial charge is 0.382 e. The molecule has 1 aromatic rings. The molecule has 0 aromatic heterocycles. The maximum Gasteiger partial charge on any atom is 0.193 e. The van der Waals surface area contributed by atoms with Crippen LogP contribution >= 0.6 is 0 Å². The number of fused-ring (bicyclic) bond motifs is 1. The number of aliphatic imine (C=N–C) groups is 1. The van der Waals surface area contributed by atoms with Gasteiger partial charge in [-0.2, -0.15) is 0 Å². The molecule has 0 aliphatic carbocycles. The van der Waals surface area contributed by atoms with Gasteiger partial charge in [-0.05, 0) is 57.1 Å². The Morgan fingerprint density at radius 2 is 1.97 bits per heavy atom. The van der Waals surface area contributed by atoms with Gasteiger partial charge in [-0.15, -0.1) is 0 Å². The fourth-order valence-electron chi connectivity index (χ4n) is 4.88. The van der Waals surface area contributed by atoms with Crippen LogP contribution < -0.4 is 5.32 Å². The Labute approximate surface area is 189 Å². The van der Waals surface area contributed by atoms with Gasteiger partial charge in [0.2, 0.25) is 0 Å². The van der Waals surface area contributed by atoms with Crippen LogP contribution in [0.15, 0.2) is 35.3 Å². The minimum absolute atomic E-state index is 0.669. The number of ether oxygens (including phenoxy) is 2. The molecule has 2 atom stereocenters. The summed E-state index contributed by atoms with van der Waals surface area (Å²) in [5.41, 5.74) is 1.44. The molecule has 3 rings (SSSR count). The number of rotatable bonds is 11. The normalized spacial score (nSPS) is 22.4. The highest BCUT2D eigenvalue weighted by atomic mass is 16.5. The van der Waals surface area contributed by atoms with Crippen LogP contribution in [0.1, 0.15) is 44.6 Å². The van der Waals surface area contributed by atoms with Crippen LogP contribution in [0.5, 0.6) is 0 Å². The highest BCUT2D eigenvalue weighted by Crippen LogP contribution is 2.31. The number of hydrogen-bond donors (Lipinski definition) is 1. The summed E-state index contributed by atoms with van der Waals surface area (Å²) in [6.45, 7) is 10.6. The Hall–Kier alpha value is -1.63. The standard InChI is InChI=1S/C25H42N4O2/c1-3-26-25(27-14-7-8-17-31-19-18-30-2)29-16-13-24-23(21-29)12-9-15-28(24)20-22-10-5-4-6-11-22/h4-6,10-11,23-24H,3,7-9,12-21H2,1-2H3,(H,26,27). The van der Waals surface area contributed by atoms with Crippen LogP contribution in [-0.4, -0.2) is 81.5 Å². The smallest absolute Gasteiger partial charge is 0.193 e. The van der Waals surface area contributed by atoms with Gasteiger partial charge < -0.3 is 19.7 Å². The third-order valence-electron chi connectivity index (χ3n) is 6.44. The number of piperidine rings is 2. The van der Waals surface area contributed by atoms with Crippen molar-refractivity contribution < 1.29 is 9.47 Å². The Balaban J connectivity index is 1.47. The molecule has 6 nitrogen and oxygen atoms in total. The molecule has 1 N–H and O–H groups in total. The van der Waals surface area contributed by atoms with Crippen molar-refractivity contribution in [3.63, 3.8) is 0 Å². The number of benzene rings is 1. The summed E-state index contributed by atoms with van der Waals surface area (Å²) in [5.74, 6) is 1.84. The van der Waals surface area contributed by atoms with Gasteiger partial charge in [0.25, 0.3) is 0 Å². The lowest BCUT2D eigenvalue weighted by Crippen LogP contribution is -2.56. The number of nitrogens with one attached hydrogen (secondary N) is 1. The zero-order chi connectivity index (χ0) is 21.7. The number of methoxy groups -OCH3 is 1. The molecule has 174 valence electrons. The van der Waals surface area contributed by atoms with Crippen LogP contribution in [0.25, 0.3) is 0 Å². The lowest BCUT2D eigenvalue weighted by atomic mass is 9.83. The third-order valence-corrected chi connectivity index (χ3v) is 6.44. The molecule has 31 heavy (non-hydrogen) atoms. The molecule has 6 heteroatoms. The van der Waals surface area contributed by atoms with Crippen molar-refractivity contribution in [3.8, 4) is 0 Å². The molecule has 2 heterocycles. The highest BCUT2D eigenvalue weighted by Gasteiger charge is 2.36. The Morgan fingerprint density at radius 1 is 1.10 bits per heavy atom. The van der Waals surface area contributed by atoms with E-state index in [1.54, 1.807) is 7.11 Å². The van der Waals surface area contributed by atoms with Crippen molar-refractivity contribution in [3.05, 3.63) is 35.9 Å². The summed E-state index contributed by atoms with van der Waals surface area (Å²) in [4.78, 5) is 10.2. The summed E-state index contributed by atoms with van der Waals surface area (Å²) in [6, 6.07) is 11.7. The first-order valence-corrected chi connectivity index (χ1v) is 12.2. The van der Waals surface area contributed by atoms with Gasteiger partial charge in [0.05, 0.1) is 13.2 Å². The van der Waals surface area contributed by atoms with Crippen molar-refractivity contribution in [2.24, 2.45) is 10.9 Å². The van der Waals surface area contributed by atoms with Gasteiger partial charge >= 0.3 is 0 Å². The van der Waals surface area contributed by atoms with E-state index in [0.717, 1.165) is 64.0 Å². The quantitative estimate of drug-likeness (QED) is 0.331. The van der Waals surface area contributed by atoms with E-state index < -0.39 is 0 Å². The molecule has 1 aromatic carbocycles. The van der Waals surface area contributed by atoms with Crippen LogP contribution in [-0.2, 0) is 16.0 Å². The summed E-state index contributed by atoms with van der Waals surface area (Å²) < 4.78 is 10.6. The second kappa shape index (κ2) is 13.7. The number of nitrogens with zero attached hydrogens (tertiary/aromatic N) is 3. The van der Waals surface area contributed by atoms with Gasteiger partial charge in [0.15, 0.2) is 5.96 Å². The molecule has 2 fully saturated rings. The van der Waals surface area contributed by atoms with E-state index in [-0.39, 0.29) is 0 Å². The fraction of sp³-hybridized carbons (Fsp3) is 0.720. The molecule has 0 bridgehead atoms. The molecule has 2 aliphatic heterocycles. The molecule has 0 radical (unpaired) electrons. The molecular formula is C25H42N4O2. The monoisotopic (exact) mass is 430 g/mol. The van der Waals surface area contributed by atoms with Gasteiger partial charge in [-0.25, -0.2) is 0 Å². The maximum absolute atomic E-state index is 5.55. The molecule has 2 saturated heterocycles. The van der Waals surface area contributed by atoms with Gasteiger partial charge in [0, 0.05) is 52.5 Å². The van der Waals surface area contributed by atoms with Crippen LogP contribution in [0.3, 0.4) is 0 Å². The molecule has 0 saturated carbocycles. The zero-order valence-corrected chi connectivity index (χ0v) is 19.6. The average Bonchev–Trinajstić information content (AvgIpc) is 2.80. The maximum atomic E-state index is 5.55. The van der Waals surface area contributed by atoms with E-state index in [4.69, 9.17) is 14.5 Å². The first kappa shape index (κ1) is 24.0. The summed E-state index contributed by atoms with van der Waals surface area (Å²) >= 11 is 0. The van der Waals surface area contributed by atoms with Gasteiger partial charge in [-0.3, -0.25) is 9.89 Å². The number of unbranched alkanes of at least 4 members (excludes halogenated alkanes) is 1. The zero-order valence-electron chi connectivity index (χ0n) is 19.6. The van der Waals surface area contributed by atoms with E-state index >= 15 is 0 Å². The number of guanidine groups is 1. The lowest BCUT2D eigenvalue weighted by Gasteiger charge is -2.48. The first-order chi connectivity index (χ1) is 15.3. The second-order valence-corrected chi connectivity index (χ2v) is 8.71. The lowest BCUT2D eigenvalue weighted by molar-refractivity contribution is 0.0372. The van der Waals surface area contributed by atoms with E-state index in [1.807, 2.05) is 0 Å². The topological polar surface area (TPSA) is 49.3 Å². The number of hydrogen-bond acceptors (Lipinski definition) is 4. The van der Waals surface area contributed by atoms with E-state index in [1.165, 1.54) is 31.4 Å². The number of likely N-dealkylation sites (tertiary alicyclic amines) is 2. The first-order valence-electron chi connectivity index (χ1n) is 12.2. The molecular weight excluding hydrogens is 388 g/mol. The van der Waals surface area contributed by atoms with Crippen molar-refractivity contribution in [1.29, 1.82) is 0 Å². The van der Waals surface area contributed by atoms with Gasteiger partial charge in [0.1, 0.15) is 0 Å². The van der Waals surface area contributed by atoms with Crippen molar-refractivity contribution in [2.45, 2.75) is 51.6 Å². The SMILES string of the molecule is CCNC(=NCCCCOCCOC)N1CCC2C(CCCN2Cc2ccccc2)C1. The molecule has 2 aliphatic rings. The second-order valence-electron chi connectivity index (χ2n) is 8.71. The summed E-state index contributed by atoms with van der Waals surface area (Å²) in [6.07, 6.45) is 5.98. The van der Waals surface area contributed by atoms with Crippen molar-refractivity contribution >= 4 is 5.96 Å². The van der Waals surface area contributed by atoms with Crippen LogP contribution in [0.2, 0.25) is 0 Å². The van der Waals surface area contributed by atoms with E-state index in [2.05, 4.69) is 52.4 Å². The van der Waals surface area contributed by atoms with E-state index in [0.29, 0.717) is 19.3 Å². The Morgan fingerprint density at radius 3 is 2.77 bits per heavy atom. The molecule has 0 amide bonds. The average molecular weight is 431 g/mol. The third kappa shape index (κ3) is 7.78. The van der Waals surface area contributed by atoms with Crippen molar-refractivity contribution in [1.82, 2.24) is 15.1 Å². The Bertz CT molecular complexity index is 640. The van der Waals surface area contributed by atoms with Crippen molar-refractivity contribution in [2.75, 3.05) is 59.7 Å². The van der Waals surface area contributed by atoms with Gasteiger partial charge in [-0.1, -0.05) is 30.3 Å². The fourth-order valence-corrected chi connectivity index (χ4v) is 4.88. The molecule has 0 spiro atoms. The van der Waals surface area contributed by atoms with Crippen LogP contribution in [0, 0.1) is 5.92 Å². The highest BCUT2D eigenvalue weighted by molar-refractivity contribution is 5.80. The predicted octanol–water partition coefficient (Wildman–Crippen LogP) is 3.38.